The molecule has 1 aromatic carbocycles. The van der Waals surface area contributed by atoms with Gasteiger partial charge in [0.1, 0.15) is 0 Å². The highest BCUT2D eigenvalue weighted by Gasteiger charge is 2.31. The number of nitrogens with zero attached hydrogens (tertiary/aromatic N) is 3. The molecule has 0 saturated carbocycles. The summed E-state index contributed by atoms with van der Waals surface area (Å²) in [6, 6.07) is 8.77. The predicted octanol–water partition coefficient (Wildman–Crippen LogP) is 3.21. The SMILES string of the molecule is Cc1ccsc1C(=O)N1CCCC(N2CCN(Cc3ccc4c(c3)OCO4)CC2)C1. The van der Waals surface area contributed by atoms with E-state index in [9.17, 15) is 4.79 Å². The third kappa shape index (κ3) is 4.06. The van der Waals surface area contributed by atoms with E-state index in [1.165, 1.54) is 12.0 Å². The number of ether oxygens (including phenoxy) is 2. The molecule has 0 N–H and O–H groups in total. The molecule has 2 saturated heterocycles. The number of hydrogen-bond donors (Lipinski definition) is 0. The number of benzene rings is 1. The van der Waals surface area contributed by atoms with Gasteiger partial charge in [-0.15, -0.1) is 11.3 Å². The predicted molar refractivity (Wildman–Crippen MR) is 117 cm³/mol. The second kappa shape index (κ2) is 8.57. The first-order valence-electron chi connectivity index (χ1n) is 10.9. The van der Waals surface area contributed by atoms with E-state index in [0.717, 1.165) is 74.2 Å². The van der Waals surface area contributed by atoms with Crippen LogP contribution in [-0.4, -0.2) is 72.7 Å². The second-order valence-corrected chi connectivity index (χ2v) is 9.40. The normalized spacial score (nSPS) is 22.4. The van der Waals surface area contributed by atoms with Crippen LogP contribution in [0.4, 0.5) is 0 Å². The van der Waals surface area contributed by atoms with Crippen molar-refractivity contribution in [3.63, 3.8) is 0 Å². The molecule has 160 valence electrons. The van der Waals surface area contributed by atoms with Crippen LogP contribution in [0.5, 0.6) is 11.5 Å². The second-order valence-electron chi connectivity index (χ2n) is 8.48. The topological polar surface area (TPSA) is 45.3 Å². The average Bonchev–Trinajstić information content (AvgIpc) is 3.42. The lowest BCUT2D eigenvalue weighted by Gasteiger charge is -2.43. The van der Waals surface area contributed by atoms with Gasteiger partial charge < -0.3 is 14.4 Å². The molecular formula is C23H29N3O3S. The van der Waals surface area contributed by atoms with Crippen LogP contribution in [0.25, 0.3) is 0 Å². The number of rotatable bonds is 4. The fourth-order valence-corrected chi connectivity index (χ4v) is 5.65. The fraction of sp³-hybridized carbons (Fsp3) is 0.522. The molecule has 6 nitrogen and oxygen atoms in total. The molecule has 0 radical (unpaired) electrons. The zero-order chi connectivity index (χ0) is 20.5. The highest BCUT2D eigenvalue weighted by atomic mass is 32.1. The number of amides is 1. The third-order valence-corrected chi connectivity index (χ3v) is 7.51. The monoisotopic (exact) mass is 427 g/mol. The number of likely N-dealkylation sites (tertiary alicyclic amines) is 1. The van der Waals surface area contributed by atoms with Crippen LogP contribution in [0.1, 0.15) is 33.6 Å². The number of carbonyl (C=O) groups is 1. The Balaban J connectivity index is 1.14. The molecule has 0 bridgehead atoms. The average molecular weight is 428 g/mol. The third-order valence-electron chi connectivity index (χ3n) is 6.51. The summed E-state index contributed by atoms with van der Waals surface area (Å²) in [4.78, 5) is 21.0. The molecule has 2 fully saturated rings. The van der Waals surface area contributed by atoms with Gasteiger partial charge in [0.15, 0.2) is 11.5 Å². The molecule has 0 aliphatic carbocycles. The van der Waals surface area contributed by atoms with E-state index in [4.69, 9.17) is 9.47 Å². The molecule has 0 spiro atoms. The minimum atomic E-state index is 0.216. The quantitative estimate of drug-likeness (QED) is 0.750. The molecule has 4 heterocycles. The van der Waals surface area contributed by atoms with Crippen molar-refractivity contribution in [2.75, 3.05) is 46.1 Å². The number of thiophene rings is 1. The van der Waals surface area contributed by atoms with Gasteiger partial charge in [0.2, 0.25) is 6.79 Å². The summed E-state index contributed by atoms with van der Waals surface area (Å²) < 4.78 is 10.9. The van der Waals surface area contributed by atoms with Crippen LogP contribution in [-0.2, 0) is 6.54 Å². The number of carbonyl (C=O) groups excluding carboxylic acids is 1. The van der Waals surface area contributed by atoms with Gasteiger partial charge in [0.05, 0.1) is 4.88 Å². The fourth-order valence-electron chi connectivity index (χ4n) is 4.76. The lowest BCUT2D eigenvalue weighted by Crippen LogP contribution is -2.55. The van der Waals surface area contributed by atoms with Gasteiger partial charge >= 0.3 is 0 Å². The van der Waals surface area contributed by atoms with Gasteiger partial charge in [-0.1, -0.05) is 6.07 Å². The highest BCUT2D eigenvalue weighted by Crippen LogP contribution is 2.33. The number of piperidine rings is 1. The first kappa shape index (κ1) is 19.8. The molecule has 3 aliphatic rings. The van der Waals surface area contributed by atoms with Crippen molar-refractivity contribution >= 4 is 17.2 Å². The maximum absolute atomic E-state index is 12.9. The number of aryl methyl sites for hydroxylation is 1. The van der Waals surface area contributed by atoms with Crippen LogP contribution >= 0.6 is 11.3 Å². The summed E-state index contributed by atoms with van der Waals surface area (Å²) in [5.41, 5.74) is 2.37. The van der Waals surface area contributed by atoms with Crippen LogP contribution < -0.4 is 9.47 Å². The number of fused-ring (bicyclic) bond motifs is 1. The number of hydrogen-bond acceptors (Lipinski definition) is 6. The molecule has 2 aromatic rings. The van der Waals surface area contributed by atoms with Gasteiger partial charge in [-0.2, -0.15) is 0 Å². The van der Waals surface area contributed by atoms with E-state index in [1.807, 2.05) is 24.4 Å². The Morgan fingerprint density at radius 2 is 1.93 bits per heavy atom. The highest BCUT2D eigenvalue weighted by molar-refractivity contribution is 7.12. The van der Waals surface area contributed by atoms with E-state index >= 15 is 0 Å². The van der Waals surface area contributed by atoms with Crippen LogP contribution in [0.15, 0.2) is 29.6 Å². The van der Waals surface area contributed by atoms with Crippen molar-refractivity contribution in [2.24, 2.45) is 0 Å². The van der Waals surface area contributed by atoms with E-state index in [-0.39, 0.29) is 5.91 Å². The van der Waals surface area contributed by atoms with Crippen molar-refractivity contribution in [1.29, 1.82) is 0 Å². The summed E-state index contributed by atoms with van der Waals surface area (Å²) in [6.07, 6.45) is 2.29. The van der Waals surface area contributed by atoms with Crippen molar-refractivity contribution < 1.29 is 14.3 Å². The van der Waals surface area contributed by atoms with Gasteiger partial charge in [0.25, 0.3) is 5.91 Å². The molecule has 30 heavy (non-hydrogen) atoms. The molecule has 3 aliphatic heterocycles. The Kier molecular flexibility index (Phi) is 5.67. The zero-order valence-electron chi connectivity index (χ0n) is 17.5. The molecule has 1 atom stereocenters. The minimum absolute atomic E-state index is 0.216. The maximum atomic E-state index is 12.9. The molecule has 1 aromatic heterocycles. The molecule has 7 heteroatoms. The smallest absolute Gasteiger partial charge is 0.264 e. The summed E-state index contributed by atoms with van der Waals surface area (Å²) in [5.74, 6) is 1.92. The van der Waals surface area contributed by atoms with E-state index in [0.29, 0.717) is 12.8 Å². The Hall–Kier alpha value is -2.09. The lowest BCUT2D eigenvalue weighted by molar-refractivity contribution is 0.0410. The Bertz CT molecular complexity index is 907. The van der Waals surface area contributed by atoms with E-state index < -0.39 is 0 Å². The summed E-state index contributed by atoms with van der Waals surface area (Å²) in [6.45, 7) is 9.29. The maximum Gasteiger partial charge on any atom is 0.264 e. The standard InChI is InChI=1S/C23H29N3O3S/c1-17-6-12-30-22(17)23(27)26-7-2-3-19(15-26)25-10-8-24(9-11-25)14-18-4-5-20-21(13-18)29-16-28-20/h4-6,12-13,19H,2-3,7-11,14-16H2,1H3. The largest absolute Gasteiger partial charge is 0.454 e. The number of piperazine rings is 1. The van der Waals surface area contributed by atoms with Crippen LogP contribution in [0, 0.1) is 6.92 Å². The van der Waals surface area contributed by atoms with Crippen molar-refractivity contribution in [2.45, 2.75) is 32.4 Å². The van der Waals surface area contributed by atoms with Crippen molar-refractivity contribution in [3.8, 4) is 11.5 Å². The van der Waals surface area contributed by atoms with Crippen LogP contribution in [0.3, 0.4) is 0 Å². The Morgan fingerprint density at radius 3 is 2.73 bits per heavy atom. The lowest BCUT2D eigenvalue weighted by atomic mass is 10.0. The van der Waals surface area contributed by atoms with Crippen LogP contribution in [0.2, 0.25) is 0 Å². The summed E-state index contributed by atoms with van der Waals surface area (Å²) >= 11 is 1.57. The zero-order valence-corrected chi connectivity index (χ0v) is 18.3. The van der Waals surface area contributed by atoms with Crippen molar-refractivity contribution in [3.05, 3.63) is 45.6 Å². The molecule has 5 rings (SSSR count). The van der Waals surface area contributed by atoms with E-state index in [2.05, 4.69) is 26.8 Å². The summed E-state index contributed by atoms with van der Waals surface area (Å²) in [5, 5.41) is 2.02. The molecule has 1 amide bonds. The first-order valence-corrected chi connectivity index (χ1v) is 11.7. The van der Waals surface area contributed by atoms with E-state index in [1.54, 1.807) is 11.3 Å². The van der Waals surface area contributed by atoms with Gasteiger partial charge in [0, 0.05) is 51.9 Å². The Morgan fingerprint density at radius 1 is 1.10 bits per heavy atom. The minimum Gasteiger partial charge on any atom is -0.454 e. The van der Waals surface area contributed by atoms with Crippen molar-refractivity contribution in [1.82, 2.24) is 14.7 Å². The summed E-state index contributed by atoms with van der Waals surface area (Å²) in [7, 11) is 0. The Labute approximate surface area is 182 Å². The van der Waals surface area contributed by atoms with Gasteiger partial charge in [-0.05, 0) is 54.5 Å². The molecular weight excluding hydrogens is 398 g/mol. The van der Waals surface area contributed by atoms with Gasteiger partial charge in [-0.25, -0.2) is 0 Å². The molecule has 1 unspecified atom stereocenters. The first-order chi connectivity index (χ1) is 14.7. The van der Waals surface area contributed by atoms with Gasteiger partial charge in [-0.3, -0.25) is 14.6 Å².